The molecule has 0 aliphatic carbocycles. The van der Waals surface area contributed by atoms with Gasteiger partial charge < -0.3 is 91.1 Å². The lowest BCUT2D eigenvalue weighted by atomic mass is 9.95. The first-order chi connectivity index (χ1) is 54.0. The number of amides is 14. The molecule has 8 N–H and O–H groups in total. The number of nitrogens with one attached hydrogen (secondary N) is 6. The topological polar surface area (TPSA) is 410 Å². The fourth-order valence-corrected chi connectivity index (χ4v) is 13.7. The van der Waals surface area contributed by atoms with Gasteiger partial charge in [-0.1, -0.05) is 79.6 Å². The van der Waals surface area contributed by atoms with E-state index in [0.717, 1.165) is 25.7 Å². The van der Waals surface area contributed by atoms with Crippen LogP contribution in [-0.4, -0.2) is 324 Å². The number of rotatable bonds is 39. The fourth-order valence-electron chi connectivity index (χ4n) is 13.4. The molecule has 14 amide bonds. The normalized spacial score (nSPS) is 15.1. The van der Waals surface area contributed by atoms with E-state index in [1.54, 1.807) is 56.2 Å². The summed E-state index contributed by atoms with van der Waals surface area (Å²) in [7, 11) is 9.68. The number of hydrogen-bond acceptors (Lipinski definition) is 20. The van der Waals surface area contributed by atoms with Gasteiger partial charge in [-0.05, 0) is 87.5 Å². The molecule has 3 aromatic rings. The predicted octanol–water partition coefficient (Wildman–Crippen LogP) is 1.78. The van der Waals surface area contributed by atoms with Crippen LogP contribution >= 0.6 is 11.6 Å². The summed E-state index contributed by atoms with van der Waals surface area (Å²) in [6, 6.07) is -1.74. The van der Waals surface area contributed by atoms with E-state index in [2.05, 4.69) is 48.4 Å². The summed E-state index contributed by atoms with van der Waals surface area (Å²) in [5.74, 6) is -11.2. The summed E-state index contributed by atoms with van der Waals surface area (Å²) < 4.78 is 31.8. The molecule has 0 saturated carbocycles. The van der Waals surface area contributed by atoms with Crippen LogP contribution in [0.25, 0.3) is 22.0 Å². The molecular formula is C78H117ClF2N18O16. The van der Waals surface area contributed by atoms with Crippen molar-refractivity contribution in [1.82, 2.24) is 80.7 Å². The van der Waals surface area contributed by atoms with Gasteiger partial charge in [0, 0.05) is 132 Å². The highest BCUT2D eigenvalue weighted by Crippen LogP contribution is 2.43. The van der Waals surface area contributed by atoms with Gasteiger partial charge in [0.05, 0.1) is 49.3 Å². The summed E-state index contributed by atoms with van der Waals surface area (Å²) in [6.45, 7) is 20.6. The zero-order valence-electron chi connectivity index (χ0n) is 69.2. The van der Waals surface area contributed by atoms with Gasteiger partial charge in [0.1, 0.15) is 59.2 Å². The van der Waals surface area contributed by atoms with Gasteiger partial charge in [0.15, 0.2) is 5.82 Å². The Balaban J connectivity index is 1.04. The lowest BCUT2D eigenvalue weighted by Crippen LogP contribution is -2.59. The van der Waals surface area contributed by atoms with E-state index in [4.69, 9.17) is 11.6 Å². The lowest BCUT2D eigenvalue weighted by Gasteiger charge is -2.35. The van der Waals surface area contributed by atoms with E-state index < -0.39 is 161 Å². The van der Waals surface area contributed by atoms with Crippen LogP contribution in [0, 0.1) is 35.3 Å². The molecule has 2 unspecified atom stereocenters. The second kappa shape index (κ2) is 43.9. The van der Waals surface area contributed by atoms with Gasteiger partial charge in [-0.15, -0.1) is 0 Å². The number of fused-ring (bicyclic) bond motifs is 1. The number of halogens is 3. The number of carbonyl (C=O) groups is 14. The molecule has 1 aromatic heterocycles. The fraction of sp³-hybridized carbons (Fsp3) is 0.615. The molecule has 2 fully saturated rings. The zero-order valence-corrected chi connectivity index (χ0v) is 70.0. The summed E-state index contributed by atoms with van der Waals surface area (Å²) in [5, 5.41) is 37.7. The number of nitrogens with zero attached hydrogens (tertiary/aromatic N) is 12. The third-order valence-electron chi connectivity index (χ3n) is 20.5. The Morgan fingerprint density at radius 1 is 0.626 bits per heavy atom. The summed E-state index contributed by atoms with van der Waals surface area (Å²) in [5.41, 5.74) is -1.09. The Bertz CT molecular complexity index is 4010. The molecule has 2 aliphatic rings. The monoisotopic (exact) mass is 1630 g/mol. The van der Waals surface area contributed by atoms with Crippen LogP contribution in [0.15, 0.2) is 36.9 Å². The molecule has 3 heterocycles. The molecule has 0 bridgehead atoms. The summed E-state index contributed by atoms with van der Waals surface area (Å²) in [4.78, 5) is 210. The third-order valence-corrected chi connectivity index (χ3v) is 20.8. The molecule has 37 heteroatoms. The Kier molecular flexibility index (Phi) is 36.4. The summed E-state index contributed by atoms with van der Waals surface area (Å²) >= 11 is 6.61. The number of piperazine rings is 2. The third kappa shape index (κ3) is 26.3. The predicted molar refractivity (Wildman–Crippen MR) is 427 cm³/mol. The second-order valence-corrected chi connectivity index (χ2v) is 31.0. The van der Waals surface area contributed by atoms with Crippen molar-refractivity contribution in [2.75, 3.05) is 145 Å². The largest absolute Gasteiger partial charge is 0.507 e. The van der Waals surface area contributed by atoms with Crippen LogP contribution in [0.1, 0.15) is 114 Å². The van der Waals surface area contributed by atoms with E-state index in [0.29, 0.717) is 39.0 Å². The van der Waals surface area contributed by atoms with E-state index >= 15 is 8.78 Å². The smallest absolute Gasteiger partial charge is 0.246 e. The van der Waals surface area contributed by atoms with E-state index in [-0.39, 0.29) is 135 Å². The minimum absolute atomic E-state index is 0.0205. The zero-order chi connectivity index (χ0) is 86.3. The van der Waals surface area contributed by atoms with Gasteiger partial charge in [-0.3, -0.25) is 67.1 Å². The van der Waals surface area contributed by atoms with Crippen molar-refractivity contribution in [2.24, 2.45) is 23.7 Å². The first-order valence-electron chi connectivity index (χ1n) is 38.7. The first kappa shape index (κ1) is 95.2. The molecule has 0 radical (unpaired) electrons. The molecule has 636 valence electrons. The SMILES string of the molecule is C=CC(=O)N1CCN(c2nc(NCCC(=O)N3CCN(C(=O)CCC[C@@H](C)[C@@H](O)CC(=O)N[C@@H](CC)C(=O)N(C)CC(=O)N(C)CC(=O)NC(C(=O)N(C)[C@@H](CC(C)C)C(=O)N[C@@H](C)C(=O)N[C@H](C)C(=O)N(C)CC(=O)N(C)CC(=O)N(C)C(C(=O)NC)C(C)C)C(C)C)CC3)nc3c(F)c(-c4c(O)cccc4F)c(Cl)cc23)CC1. The van der Waals surface area contributed by atoms with Crippen molar-refractivity contribution in [2.45, 2.75) is 157 Å². The number of aromatic nitrogens is 2. The quantitative estimate of drug-likeness (QED) is 0.0377. The number of anilines is 2. The maximum atomic E-state index is 16.7. The lowest BCUT2D eigenvalue weighted by molar-refractivity contribution is -0.146. The average Bonchev–Trinajstić information content (AvgIpc) is 0.747. The Morgan fingerprint density at radius 2 is 1.18 bits per heavy atom. The van der Waals surface area contributed by atoms with Crippen molar-refractivity contribution in [3.63, 3.8) is 0 Å². The second-order valence-electron chi connectivity index (χ2n) is 30.6. The number of hydrogen-bond donors (Lipinski definition) is 8. The minimum Gasteiger partial charge on any atom is -0.507 e. The van der Waals surface area contributed by atoms with E-state index in [9.17, 15) is 77.3 Å². The first-order valence-corrected chi connectivity index (χ1v) is 39.1. The Hall–Kier alpha value is -10.4. The minimum atomic E-state index is -1.23. The van der Waals surface area contributed by atoms with Crippen LogP contribution < -0.4 is 36.8 Å². The molecule has 34 nitrogen and oxygen atoms in total. The highest BCUT2D eigenvalue weighted by Gasteiger charge is 2.38. The molecule has 2 aromatic carbocycles. The molecule has 115 heavy (non-hydrogen) atoms. The standard InChI is InChI=1S/C78H117ClF2N18O16/c1-19-53(76(114)93(16)42-62(107)90(13)40-58(103)87-68(45(5)6)77(115)94(17)54(37-44(3)4)73(111)84-48(10)72(110)85-49(11)75(113)92(15)41-63(108)91(14)43-64(109)95(18)70(46(7)8)74(112)82-12)86-57(102)39-56(101)47(9)23-21-26-60(105)97-29-31-98(32-30-97)61(106)27-28-83-78-88-69-50(71(89-78)99-35-33-96(34-36-99)59(104)20-2)38-51(79)65(67(69)81)66-52(80)24-22-25-55(66)100/h20,22,24-25,38,44-49,53-54,56,68,70,100-101H,2,19,21,23,26-37,39-43H2,1,3-18H3,(H,82,112)(H,84,111)(H,85,110)(H,86,102)(H,87,103)(H,83,88,89)/t47-,48+,49-,53+,54+,56+,68?,70?/m1/s1. The molecule has 5 rings (SSSR count). The molecule has 2 saturated heterocycles. The number of likely N-dealkylation sites (N-methyl/N-ethyl adjacent to an activating group) is 7. The number of phenolic OH excluding ortho intramolecular Hbond substituents is 1. The van der Waals surface area contributed by atoms with Crippen molar-refractivity contribution in [3.8, 4) is 16.9 Å². The highest BCUT2D eigenvalue weighted by molar-refractivity contribution is 6.34. The molecular weight excluding hydrogens is 1520 g/mol. The van der Waals surface area contributed by atoms with Crippen molar-refractivity contribution < 1.29 is 86.1 Å². The number of aromatic hydroxyl groups is 1. The molecule has 0 spiro atoms. The van der Waals surface area contributed by atoms with Gasteiger partial charge >= 0.3 is 0 Å². The van der Waals surface area contributed by atoms with Crippen LogP contribution in [0.2, 0.25) is 5.02 Å². The number of benzene rings is 2. The van der Waals surface area contributed by atoms with Gasteiger partial charge in [-0.2, -0.15) is 4.98 Å². The van der Waals surface area contributed by atoms with E-state index in [1.165, 1.54) is 97.3 Å². The number of phenols is 1. The maximum absolute atomic E-state index is 16.7. The van der Waals surface area contributed by atoms with Crippen LogP contribution in [-0.2, 0) is 67.1 Å². The molecule has 8 atom stereocenters. The molecule has 2 aliphatic heterocycles. The van der Waals surface area contributed by atoms with E-state index in [1.807, 2.05) is 18.7 Å². The van der Waals surface area contributed by atoms with Crippen molar-refractivity contribution in [3.05, 3.63) is 53.6 Å². The Labute approximate surface area is 676 Å². The van der Waals surface area contributed by atoms with Gasteiger partial charge in [-0.25, -0.2) is 13.8 Å². The van der Waals surface area contributed by atoms with Crippen LogP contribution in [0.4, 0.5) is 20.5 Å². The number of aliphatic hydroxyl groups excluding tert-OH is 1. The number of carbonyl (C=O) groups excluding carboxylic acids is 14. The average molecular weight is 1640 g/mol. The maximum Gasteiger partial charge on any atom is 0.246 e. The van der Waals surface area contributed by atoms with Crippen LogP contribution in [0.3, 0.4) is 0 Å². The Morgan fingerprint density at radius 3 is 1.73 bits per heavy atom. The summed E-state index contributed by atoms with van der Waals surface area (Å²) in [6.07, 6.45) is 0.776. The highest BCUT2D eigenvalue weighted by atomic mass is 35.5. The van der Waals surface area contributed by atoms with Crippen molar-refractivity contribution in [1.29, 1.82) is 0 Å². The van der Waals surface area contributed by atoms with Gasteiger partial charge in [0.25, 0.3) is 0 Å². The van der Waals surface area contributed by atoms with Crippen LogP contribution in [0.5, 0.6) is 5.75 Å². The number of aliphatic hydroxyl groups is 1. The van der Waals surface area contributed by atoms with Crippen molar-refractivity contribution >= 4 is 117 Å². The van der Waals surface area contributed by atoms with Gasteiger partial charge in [0.2, 0.25) is 88.6 Å².